The van der Waals surface area contributed by atoms with Gasteiger partial charge in [-0.15, -0.1) is 0 Å². The van der Waals surface area contributed by atoms with E-state index in [4.69, 9.17) is 4.74 Å². The maximum Gasteiger partial charge on any atom is 0.204 e. The van der Waals surface area contributed by atoms with Gasteiger partial charge in [-0.3, -0.25) is 10.4 Å². The van der Waals surface area contributed by atoms with E-state index in [1.54, 1.807) is 17.5 Å². The molecular weight excluding hydrogens is 334 g/mol. The number of hydrazone groups is 1. The molecule has 0 saturated carbocycles. The van der Waals surface area contributed by atoms with Crippen LogP contribution < -0.4 is 10.2 Å². The number of likely N-dealkylation sites (N-methyl/N-ethyl adjacent to an activating group) is 1. The number of hydrogen-bond acceptors (Lipinski definition) is 7. The van der Waals surface area contributed by atoms with Crippen molar-refractivity contribution in [2.24, 2.45) is 5.10 Å². The Bertz CT molecular complexity index is 860. The van der Waals surface area contributed by atoms with Gasteiger partial charge in [0.2, 0.25) is 5.13 Å². The molecule has 0 amide bonds. The second-order valence-corrected chi connectivity index (χ2v) is 6.83. The molecule has 0 saturated heterocycles. The Morgan fingerprint density at radius 2 is 2.12 bits per heavy atom. The van der Waals surface area contributed by atoms with E-state index >= 15 is 0 Å². The van der Waals surface area contributed by atoms with Crippen LogP contribution in [-0.2, 0) is 0 Å². The molecule has 0 radical (unpaired) electrons. The van der Waals surface area contributed by atoms with Crippen LogP contribution in [0.15, 0.2) is 47.7 Å². The topological polar surface area (TPSA) is 62.6 Å². The summed E-state index contributed by atoms with van der Waals surface area (Å²) in [5.41, 5.74) is 5.53. The second kappa shape index (κ2) is 8.04. The molecule has 3 aromatic rings. The second-order valence-electron chi connectivity index (χ2n) is 5.80. The molecule has 6 nitrogen and oxygen atoms in total. The highest BCUT2D eigenvalue weighted by atomic mass is 32.1. The molecule has 0 aliphatic heterocycles. The molecule has 3 rings (SSSR count). The summed E-state index contributed by atoms with van der Waals surface area (Å²) in [6.45, 7) is 3.40. The Morgan fingerprint density at radius 1 is 1.24 bits per heavy atom. The van der Waals surface area contributed by atoms with Gasteiger partial charge in [0.1, 0.15) is 17.9 Å². The van der Waals surface area contributed by atoms with Crippen LogP contribution in [0.5, 0.6) is 5.75 Å². The average Bonchev–Trinajstić information content (AvgIpc) is 3.04. The van der Waals surface area contributed by atoms with Gasteiger partial charge in [-0.1, -0.05) is 23.5 Å². The van der Waals surface area contributed by atoms with Gasteiger partial charge in [0.25, 0.3) is 0 Å². The lowest BCUT2D eigenvalue weighted by molar-refractivity contribution is 0.263. The molecule has 1 N–H and O–H groups in total. The summed E-state index contributed by atoms with van der Waals surface area (Å²) in [6, 6.07) is 11.7. The highest BCUT2D eigenvalue weighted by molar-refractivity contribution is 7.22. The third-order valence-corrected chi connectivity index (χ3v) is 4.46. The molecule has 2 heterocycles. The van der Waals surface area contributed by atoms with Crippen LogP contribution in [0, 0.1) is 0 Å². The van der Waals surface area contributed by atoms with Crippen molar-refractivity contribution in [1.29, 1.82) is 0 Å². The Balaban J connectivity index is 1.75. The first-order valence-electron chi connectivity index (χ1n) is 8.02. The van der Waals surface area contributed by atoms with Gasteiger partial charge in [-0.25, -0.2) is 4.98 Å². The normalized spacial score (nSPS) is 11.9. The first kappa shape index (κ1) is 17.3. The quantitative estimate of drug-likeness (QED) is 0.519. The van der Waals surface area contributed by atoms with Crippen LogP contribution in [0.25, 0.3) is 10.2 Å². The van der Waals surface area contributed by atoms with Crippen molar-refractivity contribution < 1.29 is 4.74 Å². The number of nitrogens with one attached hydrogen (secondary N) is 1. The molecule has 0 atom stereocenters. The number of aromatic nitrogens is 2. The van der Waals surface area contributed by atoms with Crippen molar-refractivity contribution >= 4 is 32.4 Å². The Hall–Kier alpha value is -2.51. The first-order chi connectivity index (χ1) is 12.1. The van der Waals surface area contributed by atoms with E-state index in [1.807, 2.05) is 57.4 Å². The first-order valence-corrected chi connectivity index (χ1v) is 8.84. The molecule has 130 valence electrons. The maximum absolute atomic E-state index is 5.87. The fraction of sp³-hybridized carbons (Fsp3) is 0.278. The Morgan fingerprint density at radius 3 is 2.88 bits per heavy atom. The van der Waals surface area contributed by atoms with Gasteiger partial charge in [-0.2, -0.15) is 5.10 Å². The number of benzene rings is 1. The molecule has 7 heteroatoms. The van der Waals surface area contributed by atoms with Gasteiger partial charge in [0, 0.05) is 12.7 Å². The Labute approximate surface area is 151 Å². The van der Waals surface area contributed by atoms with Crippen LogP contribution in [-0.4, -0.2) is 47.8 Å². The minimum atomic E-state index is 0.628. The van der Waals surface area contributed by atoms with Crippen molar-refractivity contribution in [1.82, 2.24) is 14.9 Å². The number of pyridine rings is 1. The van der Waals surface area contributed by atoms with E-state index in [0.717, 1.165) is 39.0 Å². The monoisotopic (exact) mass is 355 g/mol. The van der Waals surface area contributed by atoms with E-state index in [-0.39, 0.29) is 0 Å². The molecule has 25 heavy (non-hydrogen) atoms. The largest absolute Gasteiger partial charge is 0.490 e. The van der Waals surface area contributed by atoms with Crippen LogP contribution in [0.1, 0.15) is 12.6 Å². The fourth-order valence-corrected chi connectivity index (χ4v) is 3.02. The lowest BCUT2D eigenvalue weighted by atomic mass is 10.3. The number of anilines is 1. The average molecular weight is 355 g/mol. The minimum Gasteiger partial charge on any atom is -0.490 e. The number of fused-ring (bicyclic) bond motifs is 1. The predicted molar refractivity (Wildman–Crippen MR) is 104 cm³/mol. The predicted octanol–water partition coefficient (Wildman–Crippen LogP) is 3.47. The third kappa shape index (κ3) is 4.52. The molecule has 0 spiro atoms. The van der Waals surface area contributed by atoms with Crippen molar-refractivity contribution in [3.05, 3.63) is 48.3 Å². The summed E-state index contributed by atoms with van der Waals surface area (Å²) in [7, 11) is 4.05. The standard InChI is InChI=1S/C18H21N5OS/c1-13(14-7-4-5-10-19-14)21-22-18-20-17-15(24-12-11-23(2)3)8-6-9-16(17)25-18/h4-10H,11-12H2,1-3H3,(H,20,22)/b21-13+. The molecule has 0 fully saturated rings. The highest BCUT2D eigenvalue weighted by Crippen LogP contribution is 2.32. The van der Waals surface area contributed by atoms with Crippen molar-refractivity contribution in [2.75, 3.05) is 32.7 Å². The van der Waals surface area contributed by atoms with E-state index < -0.39 is 0 Å². The number of ether oxygens (including phenoxy) is 1. The highest BCUT2D eigenvalue weighted by Gasteiger charge is 2.09. The van der Waals surface area contributed by atoms with Gasteiger partial charge in [0.05, 0.1) is 16.1 Å². The van der Waals surface area contributed by atoms with Crippen LogP contribution in [0.4, 0.5) is 5.13 Å². The van der Waals surface area contributed by atoms with Crippen molar-refractivity contribution in [3.8, 4) is 5.75 Å². The fourth-order valence-electron chi connectivity index (χ4n) is 2.19. The van der Waals surface area contributed by atoms with Crippen molar-refractivity contribution in [3.63, 3.8) is 0 Å². The van der Waals surface area contributed by atoms with Gasteiger partial charge >= 0.3 is 0 Å². The number of thiazole rings is 1. The zero-order valence-electron chi connectivity index (χ0n) is 14.6. The third-order valence-electron chi connectivity index (χ3n) is 3.53. The molecule has 0 aliphatic carbocycles. The minimum absolute atomic E-state index is 0.628. The summed E-state index contributed by atoms with van der Waals surface area (Å²) >= 11 is 1.55. The summed E-state index contributed by atoms with van der Waals surface area (Å²) in [6.07, 6.45) is 1.75. The molecule has 2 aromatic heterocycles. The lowest BCUT2D eigenvalue weighted by Crippen LogP contribution is -2.19. The number of hydrogen-bond donors (Lipinski definition) is 1. The smallest absolute Gasteiger partial charge is 0.204 e. The summed E-state index contributed by atoms with van der Waals surface area (Å²) in [5.74, 6) is 0.800. The SMILES string of the molecule is C/C(=N\Nc1nc2c(OCCN(C)C)cccc2s1)c1ccccn1. The van der Waals surface area contributed by atoms with E-state index in [2.05, 4.69) is 25.4 Å². The molecule has 0 bridgehead atoms. The Kier molecular flexibility index (Phi) is 5.57. The zero-order chi connectivity index (χ0) is 17.6. The van der Waals surface area contributed by atoms with Crippen molar-refractivity contribution in [2.45, 2.75) is 6.92 Å². The maximum atomic E-state index is 5.87. The zero-order valence-corrected chi connectivity index (χ0v) is 15.4. The number of rotatable bonds is 7. The lowest BCUT2D eigenvalue weighted by Gasteiger charge is -2.11. The summed E-state index contributed by atoms with van der Waals surface area (Å²) in [5, 5.41) is 5.11. The molecule has 0 unspecified atom stereocenters. The van der Waals surface area contributed by atoms with Gasteiger partial charge in [-0.05, 0) is 45.3 Å². The van der Waals surface area contributed by atoms with Gasteiger partial charge in [0.15, 0.2) is 0 Å². The van der Waals surface area contributed by atoms with Crippen LogP contribution >= 0.6 is 11.3 Å². The van der Waals surface area contributed by atoms with Crippen LogP contribution in [0.2, 0.25) is 0 Å². The van der Waals surface area contributed by atoms with Crippen LogP contribution in [0.3, 0.4) is 0 Å². The number of para-hydroxylation sites is 1. The molecular formula is C18H21N5OS. The molecule has 1 aromatic carbocycles. The summed E-state index contributed by atoms with van der Waals surface area (Å²) in [4.78, 5) is 11.0. The van der Waals surface area contributed by atoms with Gasteiger partial charge < -0.3 is 9.64 Å². The number of nitrogens with zero attached hydrogens (tertiary/aromatic N) is 4. The van der Waals surface area contributed by atoms with E-state index in [1.165, 1.54) is 0 Å². The van der Waals surface area contributed by atoms with E-state index in [0.29, 0.717) is 6.61 Å². The van der Waals surface area contributed by atoms with E-state index in [9.17, 15) is 0 Å². The summed E-state index contributed by atoms with van der Waals surface area (Å²) < 4.78 is 6.93. The molecule has 0 aliphatic rings.